The van der Waals surface area contributed by atoms with Crippen LogP contribution in [0.1, 0.15) is 35.7 Å². The van der Waals surface area contributed by atoms with Gasteiger partial charge in [0.15, 0.2) is 0 Å². The van der Waals surface area contributed by atoms with Crippen molar-refractivity contribution >= 4 is 27.5 Å². The number of amides is 2. The lowest BCUT2D eigenvalue weighted by Crippen LogP contribution is -2.46. The SMILES string of the molecule is CC(=O)Nc1ccc(S(=O)(=O)N2CCC(NC(=O)c3ccc(C)c(-n4cccc4)c3)CC2)cc1. The van der Waals surface area contributed by atoms with Gasteiger partial charge in [-0.2, -0.15) is 4.31 Å². The fourth-order valence-corrected chi connectivity index (χ4v) is 5.57. The van der Waals surface area contributed by atoms with Crippen LogP contribution in [0.5, 0.6) is 0 Å². The highest BCUT2D eigenvalue weighted by Gasteiger charge is 2.30. The lowest BCUT2D eigenvalue weighted by atomic mass is 10.0. The third kappa shape index (κ3) is 5.21. The highest BCUT2D eigenvalue weighted by molar-refractivity contribution is 7.89. The van der Waals surface area contributed by atoms with Gasteiger partial charge >= 0.3 is 0 Å². The zero-order valence-electron chi connectivity index (χ0n) is 19.2. The van der Waals surface area contributed by atoms with Crippen molar-refractivity contribution in [2.45, 2.75) is 37.6 Å². The summed E-state index contributed by atoms with van der Waals surface area (Å²) in [6, 6.07) is 15.5. The second-order valence-corrected chi connectivity index (χ2v) is 10.4. The van der Waals surface area contributed by atoms with Gasteiger partial charge in [0.2, 0.25) is 15.9 Å². The average molecular weight is 481 g/mol. The van der Waals surface area contributed by atoms with E-state index < -0.39 is 10.0 Å². The predicted octanol–water partition coefficient (Wildman–Crippen LogP) is 3.33. The van der Waals surface area contributed by atoms with Crippen LogP contribution in [0.25, 0.3) is 5.69 Å². The molecule has 0 atom stereocenters. The van der Waals surface area contributed by atoms with Crippen molar-refractivity contribution in [2.75, 3.05) is 18.4 Å². The quantitative estimate of drug-likeness (QED) is 0.565. The predicted molar refractivity (Wildman–Crippen MR) is 130 cm³/mol. The Morgan fingerprint density at radius 2 is 1.62 bits per heavy atom. The van der Waals surface area contributed by atoms with E-state index in [9.17, 15) is 18.0 Å². The van der Waals surface area contributed by atoms with E-state index in [1.54, 1.807) is 12.1 Å². The van der Waals surface area contributed by atoms with Crippen LogP contribution in [0.3, 0.4) is 0 Å². The molecule has 1 aromatic heterocycles. The first-order valence-corrected chi connectivity index (χ1v) is 12.6. The summed E-state index contributed by atoms with van der Waals surface area (Å²) in [6.45, 7) is 4.04. The molecule has 0 spiro atoms. The second kappa shape index (κ2) is 9.82. The van der Waals surface area contributed by atoms with Gasteiger partial charge in [0.05, 0.1) is 4.90 Å². The molecule has 2 N–H and O–H groups in total. The van der Waals surface area contributed by atoms with Crippen LogP contribution in [-0.2, 0) is 14.8 Å². The molecular formula is C25H28N4O4S. The molecule has 9 heteroatoms. The van der Waals surface area contributed by atoms with Gasteiger partial charge in [0, 0.05) is 55.4 Å². The van der Waals surface area contributed by atoms with Crippen LogP contribution in [0, 0.1) is 6.92 Å². The average Bonchev–Trinajstić information content (AvgIpc) is 3.34. The summed E-state index contributed by atoms with van der Waals surface area (Å²) in [5.41, 5.74) is 3.13. The molecule has 1 aliphatic rings. The van der Waals surface area contributed by atoms with Crippen molar-refractivity contribution in [1.29, 1.82) is 0 Å². The molecule has 8 nitrogen and oxygen atoms in total. The molecule has 0 aliphatic carbocycles. The molecule has 1 fully saturated rings. The van der Waals surface area contributed by atoms with Crippen LogP contribution >= 0.6 is 0 Å². The number of piperidine rings is 1. The molecular weight excluding hydrogens is 452 g/mol. The molecule has 0 saturated carbocycles. The number of aromatic nitrogens is 1. The monoisotopic (exact) mass is 480 g/mol. The summed E-state index contributed by atoms with van der Waals surface area (Å²) in [7, 11) is -3.64. The van der Waals surface area contributed by atoms with Gasteiger partial charge in [0.1, 0.15) is 0 Å². The molecule has 0 bridgehead atoms. The van der Waals surface area contributed by atoms with Gasteiger partial charge in [0.25, 0.3) is 5.91 Å². The van der Waals surface area contributed by atoms with Crippen LogP contribution < -0.4 is 10.6 Å². The summed E-state index contributed by atoms with van der Waals surface area (Å²) in [4.78, 5) is 24.2. The first-order valence-electron chi connectivity index (χ1n) is 11.2. The van der Waals surface area contributed by atoms with Crippen molar-refractivity contribution < 1.29 is 18.0 Å². The number of hydrogen-bond donors (Lipinski definition) is 2. The summed E-state index contributed by atoms with van der Waals surface area (Å²) >= 11 is 0. The van der Waals surface area contributed by atoms with Crippen LogP contribution in [0.2, 0.25) is 0 Å². The summed E-state index contributed by atoms with van der Waals surface area (Å²) in [5, 5.41) is 5.68. The number of aryl methyl sites for hydroxylation is 1. The molecule has 3 aromatic rings. The van der Waals surface area contributed by atoms with E-state index in [0.717, 1.165) is 11.3 Å². The number of carbonyl (C=O) groups is 2. The molecule has 34 heavy (non-hydrogen) atoms. The zero-order chi connectivity index (χ0) is 24.3. The normalized spacial score (nSPS) is 15.1. The molecule has 0 radical (unpaired) electrons. The maximum Gasteiger partial charge on any atom is 0.251 e. The number of nitrogens with zero attached hydrogens (tertiary/aromatic N) is 2. The Kier molecular flexibility index (Phi) is 6.85. The van der Waals surface area contributed by atoms with Gasteiger partial charge < -0.3 is 15.2 Å². The Labute approximate surface area is 199 Å². The molecule has 178 valence electrons. The lowest BCUT2D eigenvalue weighted by molar-refractivity contribution is -0.114. The number of sulfonamides is 1. The summed E-state index contributed by atoms with van der Waals surface area (Å²) in [5.74, 6) is -0.380. The fraction of sp³-hybridized carbons (Fsp3) is 0.280. The van der Waals surface area contributed by atoms with E-state index in [0.29, 0.717) is 37.2 Å². The lowest BCUT2D eigenvalue weighted by Gasteiger charge is -2.31. The van der Waals surface area contributed by atoms with E-state index in [1.807, 2.05) is 54.2 Å². The van der Waals surface area contributed by atoms with Crippen molar-refractivity contribution in [2.24, 2.45) is 0 Å². The topological polar surface area (TPSA) is 101 Å². The van der Waals surface area contributed by atoms with E-state index >= 15 is 0 Å². The standard InChI is InChI=1S/C25H28N4O4S/c1-18-5-6-20(17-24(18)28-13-3-4-14-28)25(31)27-22-11-15-29(16-12-22)34(32,33)23-9-7-21(8-10-23)26-19(2)30/h3-10,13-14,17,22H,11-12,15-16H2,1-2H3,(H,26,30)(H,27,31). The minimum absolute atomic E-state index is 0.0996. The van der Waals surface area contributed by atoms with E-state index in [2.05, 4.69) is 10.6 Å². The molecule has 2 heterocycles. The van der Waals surface area contributed by atoms with Gasteiger partial charge in [-0.1, -0.05) is 6.07 Å². The Bertz CT molecular complexity index is 1280. The number of rotatable bonds is 6. The van der Waals surface area contributed by atoms with Crippen molar-refractivity contribution in [3.05, 3.63) is 78.1 Å². The number of carbonyl (C=O) groups excluding carboxylic acids is 2. The van der Waals surface area contributed by atoms with Crippen LogP contribution in [0.15, 0.2) is 71.9 Å². The third-order valence-corrected chi connectivity index (χ3v) is 7.87. The second-order valence-electron chi connectivity index (χ2n) is 8.45. The molecule has 2 amide bonds. The Hall–Kier alpha value is -3.43. The molecule has 2 aromatic carbocycles. The maximum absolute atomic E-state index is 13.0. The summed E-state index contributed by atoms with van der Waals surface area (Å²) in [6.07, 6.45) is 4.94. The smallest absolute Gasteiger partial charge is 0.251 e. The minimum atomic E-state index is -3.64. The maximum atomic E-state index is 13.0. The van der Waals surface area contributed by atoms with E-state index in [-0.39, 0.29) is 22.8 Å². The van der Waals surface area contributed by atoms with Crippen LogP contribution in [-0.4, -0.2) is 48.2 Å². The van der Waals surface area contributed by atoms with Gasteiger partial charge in [-0.15, -0.1) is 0 Å². The first kappa shape index (κ1) is 23.7. The third-order valence-electron chi connectivity index (χ3n) is 5.96. The Morgan fingerprint density at radius 3 is 2.24 bits per heavy atom. The number of nitrogens with one attached hydrogen (secondary N) is 2. The first-order chi connectivity index (χ1) is 16.2. The van der Waals surface area contributed by atoms with E-state index in [4.69, 9.17) is 0 Å². The fourth-order valence-electron chi connectivity index (χ4n) is 4.10. The number of benzene rings is 2. The van der Waals surface area contributed by atoms with Gasteiger partial charge in [-0.25, -0.2) is 8.42 Å². The van der Waals surface area contributed by atoms with E-state index in [1.165, 1.54) is 23.4 Å². The zero-order valence-corrected chi connectivity index (χ0v) is 20.0. The highest BCUT2D eigenvalue weighted by Crippen LogP contribution is 2.23. The van der Waals surface area contributed by atoms with Crippen molar-refractivity contribution in [1.82, 2.24) is 14.2 Å². The van der Waals surface area contributed by atoms with Crippen molar-refractivity contribution in [3.8, 4) is 5.69 Å². The number of anilines is 1. The minimum Gasteiger partial charge on any atom is -0.349 e. The highest BCUT2D eigenvalue weighted by atomic mass is 32.2. The van der Waals surface area contributed by atoms with Crippen molar-refractivity contribution in [3.63, 3.8) is 0 Å². The summed E-state index contributed by atoms with van der Waals surface area (Å²) < 4.78 is 29.4. The van der Waals surface area contributed by atoms with Gasteiger partial charge in [-0.3, -0.25) is 9.59 Å². The van der Waals surface area contributed by atoms with Crippen LogP contribution in [0.4, 0.5) is 5.69 Å². The molecule has 4 rings (SSSR count). The Balaban J connectivity index is 1.37. The molecule has 1 saturated heterocycles. The largest absolute Gasteiger partial charge is 0.349 e. The molecule has 1 aliphatic heterocycles. The number of hydrogen-bond acceptors (Lipinski definition) is 4. The molecule has 0 unspecified atom stereocenters. The van der Waals surface area contributed by atoms with Gasteiger partial charge in [-0.05, 0) is 73.9 Å². The Morgan fingerprint density at radius 1 is 0.971 bits per heavy atom.